The summed E-state index contributed by atoms with van der Waals surface area (Å²) in [4.78, 5) is 11.9. The molecule has 3 N–H and O–H groups in total. The highest BCUT2D eigenvalue weighted by atomic mass is 32.2. The number of amides is 1. The standard InChI is InChI=1S/C15H22N2OS/c1-2-17-15(14(16)18,13-8-9-13)11-19-10-12-6-4-3-5-7-12/h3-7,13,17H,2,8-11H2,1H3,(H2,16,18). The van der Waals surface area contributed by atoms with E-state index in [2.05, 4.69) is 17.4 Å². The Morgan fingerprint density at radius 2 is 2.11 bits per heavy atom. The number of benzene rings is 1. The predicted octanol–water partition coefficient (Wildman–Crippen LogP) is 2.16. The molecule has 1 saturated carbocycles. The molecule has 1 unspecified atom stereocenters. The Hall–Kier alpha value is -1.00. The predicted molar refractivity (Wildman–Crippen MR) is 80.9 cm³/mol. The van der Waals surface area contributed by atoms with Crippen LogP contribution in [-0.4, -0.2) is 23.7 Å². The van der Waals surface area contributed by atoms with Crippen molar-refractivity contribution in [3.63, 3.8) is 0 Å². The minimum Gasteiger partial charge on any atom is -0.368 e. The molecule has 0 spiro atoms. The van der Waals surface area contributed by atoms with Crippen LogP contribution in [0, 0.1) is 5.92 Å². The van der Waals surface area contributed by atoms with E-state index in [1.807, 2.05) is 25.1 Å². The molecule has 4 heteroatoms. The molecular weight excluding hydrogens is 256 g/mol. The van der Waals surface area contributed by atoms with Crippen molar-refractivity contribution in [2.24, 2.45) is 11.7 Å². The molecule has 104 valence electrons. The van der Waals surface area contributed by atoms with E-state index in [1.54, 1.807) is 11.8 Å². The Balaban J connectivity index is 1.95. The molecule has 1 atom stereocenters. The number of nitrogens with one attached hydrogen (secondary N) is 1. The molecule has 1 aromatic carbocycles. The van der Waals surface area contributed by atoms with Crippen LogP contribution in [0.3, 0.4) is 0 Å². The van der Waals surface area contributed by atoms with Gasteiger partial charge in [-0.3, -0.25) is 4.79 Å². The minimum absolute atomic E-state index is 0.197. The van der Waals surface area contributed by atoms with Crippen LogP contribution >= 0.6 is 11.8 Å². The first-order valence-corrected chi connectivity index (χ1v) is 8.01. The van der Waals surface area contributed by atoms with Gasteiger partial charge in [0.15, 0.2) is 0 Å². The summed E-state index contributed by atoms with van der Waals surface area (Å²) in [6.07, 6.45) is 2.23. The minimum atomic E-state index is -0.506. The van der Waals surface area contributed by atoms with Gasteiger partial charge in [0.05, 0.1) is 0 Å². The monoisotopic (exact) mass is 278 g/mol. The van der Waals surface area contributed by atoms with Crippen LogP contribution in [0.4, 0.5) is 0 Å². The van der Waals surface area contributed by atoms with Crippen LogP contribution in [-0.2, 0) is 10.5 Å². The van der Waals surface area contributed by atoms with Crippen LogP contribution < -0.4 is 11.1 Å². The van der Waals surface area contributed by atoms with Crippen molar-refractivity contribution in [3.05, 3.63) is 35.9 Å². The second kappa shape index (κ2) is 6.44. The van der Waals surface area contributed by atoms with E-state index in [0.717, 1.165) is 30.9 Å². The van der Waals surface area contributed by atoms with Gasteiger partial charge in [0, 0.05) is 11.5 Å². The fourth-order valence-corrected chi connectivity index (χ4v) is 3.80. The van der Waals surface area contributed by atoms with Crippen molar-refractivity contribution < 1.29 is 4.79 Å². The van der Waals surface area contributed by atoms with Gasteiger partial charge in [-0.2, -0.15) is 11.8 Å². The third kappa shape index (κ3) is 3.51. The highest BCUT2D eigenvalue weighted by Gasteiger charge is 2.49. The Morgan fingerprint density at radius 3 is 2.63 bits per heavy atom. The fourth-order valence-electron chi connectivity index (χ4n) is 2.47. The molecule has 3 nitrogen and oxygen atoms in total. The van der Waals surface area contributed by atoms with Crippen LogP contribution in [0.25, 0.3) is 0 Å². The second-order valence-corrected chi connectivity index (χ2v) is 6.10. The Labute approximate surface area is 119 Å². The van der Waals surface area contributed by atoms with E-state index >= 15 is 0 Å². The average Bonchev–Trinajstić information content (AvgIpc) is 3.23. The quantitative estimate of drug-likeness (QED) is 0.766. The third-order valence-corrected chi connectivity index (χ3v) is 4.84. The number of thioether (sulfide) groups is 1. The Morgan fingerprint density at radius 1 is 1.42 bits per heavy atom. The molecule has 1 aromatic rings. The SMILES string of the molecule is CCNC(CSCc1ccccc1)(C(N)=O)C1CC1. The summed E-state index contributed by atoms with van der Waals surface area (Å²) in [6, 6.07) is 10.3. The smallest absolute Gasteiger partial charge is 0.238 e. The van der Waals surface area contributed by atoms with E-state index in [4.69, 9.17) is 5.73 Å². The maximum absolute atomic E-state index is 11.9. The maximum Gasteiger partial charge on any atom is 0.238 e. The largest absolute Gasteiger partial charge is 0.368 e. The first-order valence-electron chi connectivity index (χ1n) is 6.85. The number of hydrogen-bond donors (Lipinski definition) is 2. The molecule has 0 radical (unpaired) electrons. The van der Waals surface area contributed by atoms with E-state index in [0.29, 0.717) is 5.92 Å². The number of rotatable bonds is 8. The lowest BCUT2D eigenvalue weighted by atomic mass is 9.94. The first-order chi connectivity index (χ1) is 9.19. The number of nitrogens with two attached hydrogens (primary N) is 1. The molecule has 1 aliphatic carbocycles. The van der Waals surface area contributed by atoms with E-state index < -0.39 is 5.54 Å². The van der Waals surface area contributed by atoms with Gasteiger partial charge in [0.25, 0.3) is 0 Å². The lowest BCUT2D eigenvalue weighted by Gasteiger charge is -2.31. The molecular formula is C15H22N2OS. The topological polar surface area (TPSA) is 55.1 Å². The molecule has 0 heterocycles. The van der Waals surface area contributed by atoms with Crippen LogP contribution in [0.5, 0.6) is 0 Å². The first kappa shape index (κ1) is 14.4. The average molecular weight is 278 g/mol. The van der Waals surface area contributed by atoms with Gasteiger partial charge in [0.2, 0.25) is 5.91 Å². The molecule has 19 heavy (non-hydrogen) atoms. The van der Waals surface area contributed by atoms with Gasteiger partial charge in [-0.15, -0.1) is 0 Å². The molecule has 2 rings (SSSR count). The molecule has 0 aromatic heterocycles. The summed E-state index contributed by atoms with van der Waals surface area (Å²) in [5.41, 5.74) is 6.45. The van der Waals surface area contributed by atoms with Crippen molar-refractivity contribution in [1.82, 2.24) is 5.32 Å². The summed E-state index contributed by atoms with van der Waals surface area (Å²) < 4.78 is 0. The second-order valence-electron chi connectivity index (χ2n) is 5.12. The Kier molecular flexibility index (Phi) is 4.88. The lowest BCUT2D eigenvalue weighted by Crippen LogP contribution is -2.59. The fraction of sp³-hybridized carbons (Fsp3) is 0.533. The summed E-state index contributed by atoms with van der Waals surface area (Å²) in [7, 11) is 0. The summed E-state index contributed by atoms with van der Waals surface area (Å²) in [5, 5.41) is 3.35. The molecule has 1 fully saturated rings. The normalized spacial score (nSPS) is 17.9. The van der Waals surface area contributed by atoms with E-state index in [-0.39, 0.29) is 5.91 Å². The third-order valence-electron chi connectivity index (χ3n) is 3.65. The number of carbonyl (C=O) groups is 1. The molecule has 1 aliphatic rings. The maximum atomic E-state index is 11.9. The highest BCUT2D eigenvalue weighted by molar-refractivity contribution is 7.98. The van der Waals surface area contributed by atoms with E-state index in [9.17, 15) is 4.79 Å². The zero-order valence-electron chi connectivity index (χ0n) is 11.4. The van der Waals surface area contributed by atoms with Gasteiger partial charge in [-0.25, -0.2) is 0 Å². The van der Waals surface area contributed by atoms with Crippen LogP contribution in [0.15, 0.2) is 30.3 Å². The summed E-state index contributed by atoms with van der Waals surface area (Å²) in [6.45, 7) is 2.81. The lowest BCUT2D eigenvalue weighted by molar-refractivity contribution is -0.124. The Bertz CT molecular complexity index is 419. The van der Waals surface area contributed by atoms with Gasteiger partial charge < -0.3 is 11.1 Å². The summed E-state index contributed by atoms with van der Waals surface area (Å²) >= 11 is 1.79. The number of primary amides is 1. The zero-order chi connectivity index (χ0) is 13.7. The van der Waals surface area contributed by atoms with Gasteiger partial charge in [-0.05, 0) is 30.9 Å². The van der Waals surface area contributed by atoms with Crippen molar-refractivity contribution in [3.8, 4) is 0 Å². The molecule has 0 saturated heterocycles. The molecule has 1 amide bonds. The zero-order valence-corrected chi connectivity index (χ0v) is 12.2. The number of carbonyl (C=O) groups excluding carboxylic acids is 1. The number of likely N-dealkylation sites (N-methyl/N-ethyl adjacent to an activating group) is 1. The van der Waals surface area contributed by atoms with Crippen molar-refractivity contribution in [2.45, 2.75) is 31.1 Å². The molecule has 0 bridgehead atoms. The van der Waals surface area contributed by atoms with Gasteiger partial charge in [-0.1, -0.05) is 37.3 Å². The molecule has 0 aliphatic heterocycles. The highest BCUT2D eigenvalue weighted by Crippen LogP contribution is 2.41. The van der Waals surface area contributed by atoms with E-state index in [1.165, 1.54) is 5.56 Å². The van der Waals surface area contributed by atoms with Gasteiger partial charge in [0.1, 0.15) is 5.54 Å². The number of hydrogen-bond acceptors (Lipinski definition) is 3. The van der Waals surface area contributed by atoms with Gasteiger partial charge >= 0.3 is 0 Å². The summed E-state index contributed by atoms with van der Waals surface area (Å²) in [5.74, 6) is 1.91. The van der Waals surface area contributed by atoms with Crippen LogP contribution in [0.1, 0.15) is 25.3 Å². The van der Waals surface area contributed by atoms with Crippen molar-refractivity contribution in [2.75, 3.05) is 12.3 Å². The van der Waals surface area contributed by atoms with Crippen LogP contribution in [0.2, 0.25) is 0 Å². The van der Waals surface area contributed by atoms with Crippen molar-refractivity contribution >= 4 is 17.7 Å². The van der Waals surface area contributed by atoms with Crippen molar-refractivity contribution in [1.29, 1.82) is 0 Å².